The van der Waals surface area contributed by atoms with Crippen LogP contribution in [-0.4, -0.2) is 53.9 Å². The normalized spacial score (nSPS) is 22.3. The molecular formula is C25H31FN4O2. The van der Waals surface area contributed by atoms with Crippen LogP contribution in [0.1, 0.15) is 48.9 Å². The van der Waals surface area contributed by atoms with Crippen molar-refractivity contribution in [2.45, 2.75) is 50.6 Å². The number of carbonyl (C=O) groups is 2. The number of pyridine rings is 1. The van der Waals surface area contributed by atoms with E-state index in [4.69, 9.17) is 0 Å². The molecule has 1 aromatic carbocycles. The van der Waals surface area contributed by atoms with Crippen LogP contribution in [0.5, 0.6) is 0 Å². The summed E-state index contributed by atoms with van der Waals surface area (Å²) < 4.78 is 13.4. The Bertz CT molecular complexity index is 933. The van der Waals surface area contributed by atoms with E-state index in [0.717, 1.165) is 51.6 Å². The van der Waals surface area contributed by atoms with Crippen LogP contribution in [0.15, 0.2) is 42.6 Å². The van der Waals surface area contributed by atoms with Crippen LogP contribution in [0.25, 0.3) is 11.3 Å². The number of hydrogen-bond donors (Lipinski definition) is 2. The summed E-state index contributed by atoms with van der Waals surface area (Å²) in [5.41, 5.74) is 1.79. The molecule has 0 bridgehead atoms. The molecule has 32 heavy (non-hydrogen) atoms. The molecule has 1 aliphatic carbocycles. The summed E-state index contributed by atoms with van der Waals surface area (Å²) in [6.45, 7) is 1.96. The summed E-state index contributed by atoms with van der Waals surface area (Å²) in [4.78, 5) is 31.7. The van der Waals surface area contributed by atoms with Gasteiger partial charge in [-0.3, -0.25) is 14.6 Å². The van der Waals surface area contributed by atoms with E-state index in [1.165, 1.54) is 18.3 Å². The first-order chi connectivity index (χ1) is 15.5. The third-order valence-electron chi connectivity index (χ3n) is 6.64. The Balaban J connectivity index is 1.23. The van der Waals surface area contributed by atoms with Gasteiger partial charge >= 0.3 is 0 Å². The highest BCUT2D eigenvalue weighted by Gasteiger charge is 2.28. The summed E-state index contributed by atoms with van der Waals surface area (Å²) in [7, 11) is 2.10. The molecule has 0 atom stereocenters. The van der Waals surface area contributed by atoms with Gasteiger partial charge in [0, 0.05) is 29.8 Å². The molecule has 6 nitrogen and oxygen atoms in total. The molecule has 0 spiro atoms. The van der Waals surface area contributed by atoms with Gasteiger partial charge in [0.15, 0.2) is 0 Å². The SMILES string of the molecule is CN1CCC(C(=O)N[C@H]2CC[C@@H](NC(=O)c3ccc(-c4cccc(F)c4)nc3)CC2)CC1. The van der Waals surface area contributed by atoms with Gasteiger partial charge in [-0.05, 0) is 82.9 Å². The Morgan fingerprint density at radius 1 is 0.969 bits per heavy atom. The molecule has 2 amide bonds. The fraction of sp³-hybridized carbons (Fsp3) is 0.480. The van der Waals surface area contributed by atoms with Crippen molar-refractivity contribution in [3.8, 4) is 11.3 Å². The van der Waals surface area contributed by atoms with E-state index in [2.05, 4.69) is 27.6 Å². The Kier molecular flexibility index (Phi) is 7.15. The maximum atomic E-state index is 13.4. The first-order valence-corrected chi connectivity index (χ1v) is 11.5. The van der Waals surface area contributed by atoms with Crippen LogP contribution in [0.4, 0.5) is 4.39 Å². The lowest BCUT2D eigenvalue weighted by Gasteiger charge is -2.32. The highest BCUT2D eigenvalue weighted by atomic mass is 19.1. The molecule has 2 fully saturated rings. The minimum absolute atomic E-state index is 0.0990. The Hall–Kier alpha value is -2.80. The van der Waals surface area contributed by atoms with Crippen LogP contribution in [-0.2, 0) is 4.79 Å². The number of piperidine rings is 1. The summed E-state index contributed by atoms with van der Waals surface area (Å²) in [6.07, 6.45) is 6.83. The van der Waals surface area contributed by atoms with Gasteiger partial charge in [-0.1, -0.05) is 12.1 Å². The maximum absolute atomic E-state index is 13.4. The number of halogens is 1. The standard InChI is InChI=1S/C25H31FN4O2/c1-30-13-11-17(12-14-30)24(31)28-21-6-8-22(9-7-21)29-25(32)19-5-10-23(27-16-19)18-3-2-4-20(26)15-18/h2-5,10,15-17,21-22H,6-9,11-14H2,1H3,(H,28,31)(H,29,32)/t21-,22+. The van der Waals surface area contributed by atoms with Crippen molar-refractivity contribution in [2.24, 2.45) is 5.92 Å². The molecule has 4 rings (SSSR count). The molecule has 1 aromatic heterocycles. The molecule has 2 aromatic rings. The van der Waals surface area contributed by atoms with Crippen molar-refractivity contribution in [1.29, 1.82) is 0 Å². The Morgan fingerprint density at radius 2 is 1.66 bits per heavy atom. The second-order valence-electron chi connectivity index (χ2n) is 9.05. The van der Waals surface area contributed by atoms with E-state index in [1.54, 1.807) is 24.3 Å². The highest BCUT2D eigenvalue weighted by molar-refractivity contribution is 5.94. The quantitative estimate of drug-likeness (QED) is 0.751. The van der Waals surface area contributed by atoms with E-state index in [-0.39, 0.29) is 35.6 Å². The van der Waals surface area contributed by atoms with Gasteiger partial charge in [-0.25, -0.2) is 4.39 Å². The van der Waals surface area contributed by atoms with Gasteiger partial charge in [0.2, 0.25) is 5.91 Å². The van der Waals surface area contributed by atoms with Crippen molar-refractivity contribution in [1.82, 2.24) is 20.5 Å². The molecule has 1 aliphatic heterocycles. The van der Waals surface area contributed by atoms with Gasteiger partial charge < -0.3 is 15.5 Å². The number of benzene rings is 1. The van der Waals surface area contributed by atoms with Crippen molar-refractivity contribution >= 4 is 11.8 Å². The summed E-state index contributed by atoms with van der Waals surface area (Å²) in [5, 5.41) is 6.32. The van der Waals surface area contributed by atoms with E-state index in [0.29, 0.717) is 16.8 Å². The third-order valence-corrected chi connectivity index (χ3v) is 6.64. The summed E-state index contributed by atoms with van der Waals surface area (Å²) >= 11 is 0. The van der Waals surface area contributed by atoms with Gasteiger partial charge in [0.05, 0.1) is 11.3 Å². The van der Waals surface area contributed by atoms with Gasteiger partial charge in [-0.2, -0.15) is 0 Å². The van der Waals surface area contributed by atoms with E-state index >= 15 is 0 Å². The molecule has 2 aliphatic rings. The van der Waals surface area contributed by atoms with Crippen LogP contribution in [0.3, 0.4) is 0 Å². The second kappa shape index (κ2) is 10.2. The smallest absolute Gasteiger partial charge is 0.253 e. The number of nitrogens with zero attached hydrogens (tertiary/aromatic N) is 2. The number of amides is 2. The lowest BCUT2D eigenvalue weighted by Crippen LogP contribution is -2.46. The molecule has 170 valence electrons. The van der Waals surface area contributed by atoms with Crippen LogP contribution < -0.4 is 10.6 Å². The Morgan fingerprint density at radius 3 is 2.28 bits per heavy atom. The van der Waals surface area contributed by atoms with E-state index in [9.17, 15) is 14.0 Å². The summed E-state index contributed by atoms with van der Waals surface area (Å²) in [5.74, 6) is -0.145. The zero-order valence-corrected chi connectivity index (χ0v) is 18.5. The van der Waals surface area contributed by atoms with E-state index in [1.807, 2.05) is 0 Å². The maximum Gasteiger partial charge on any atom is 0.253 e. The van der Waals surface area contributed by atoms with Gasteiger partial charge in [0.1, 0.15) is 5.82 Å². The Labute approximate surface area is 188 Å². The number of rotatable bonds is 5. The lowest BCUT2D eigenvalue weighted by atomic mass is 9.89. The fourth-order valence-electron chi connectivity index (χ4n) is 4.59. The van der Waals surface area contributed by atoms with Crippen LogP contribution in [0.2, 0.25) is 0 Å². The van der Waals surface area contributed by atoms with Crippen molar-refractivity contribution < 1.29 is 14.0 Å². The number of aromatic nitrogens is 1. The molecule has 0 unspecified atom stereocenters. The number of nitrogens with one attached hydrogen (secondary N) is 2. The monoisotopic (exact) mass is 438 g/mol. The first-order valence-electron chi connectivity index (χ1n) is 11.5. The molecule has 7 heteroatoms. The molecular weight excluding hydrogens is 407 g/mol. The number of hydrogen-bond acceptors (Lipinski definition) is 4. The fourth-order valence-corrected chi connectivity index (χ4v) is 4.59. The van der Waals surface area contributed by atoms with Crippen molar-refractivity contribution in [3.05, 3.63) is 54.0 Å². The van der Waals surface area contributed by atoms with E-state index < -0.39 is 0 Å². The molecule has 0 radical (unpaired) electrons. The number of likely N-dealkylation sites (tertiary alicyclic amines) is 1. The molecule has 1 saturated carbocycles. The largest absolute Gasteiger partial charge is 0.353 e. The number of carbonyl (C=O) groups excluding carboxylic acids is 2. The zero-order valence-electron chi connectivity index (χ0n) is 18.5. The average molecular weight is 439 g/mol. The predicted molar refractivity (Wildman–Crippen MR) is 122 cm³/mol. The second-order valence-corrected chi connectivity index (χ2v) is 9.05. The molecule has 2 heterocycles. The van der Waals surface area contributed by atoms with Gasteiger partial charge in [-0.15, -0.1) is 0 Å². The van der Waals surface area contributed by atoms with Crippen molar-refractivity contribution in [2.75, 3.05) is 20.1 Å². The first kappa shape index (κ1) is 22.4. The van der Waals surface area contributed by atoms with Crippen LogP contribution >= 0.6 is 0 Å². The topological polar surface area (TPSA) is 74.3 Å². The van der Waals surface area contributed by atoms with Crippen LogP contribution in [0, 0.1) is 11.7 Å². The third kappa shape index (κ3) is 5.71. The average Bonchev–Trinajstić information content (AvgIpc) is 2.81. The van der Waals surface area contributed by atoms with Crippen molar-refractivity contribution in [3.63, 3.8) is 0 Å². The van der Waals surface area contributed by atoms with Gasteiger partial charge in [0.25, 0.3) is 5.91 Å². The minimum atomic E-state index is -0.316. The molecule has 1 saturated heterocycles. The summed E-state index contributed by atoms with van der Waals surface area (Å²) in [6, 6.07) is 9.99. The lowest BCUT2D eigenvalue weighted by molar-refractivity contribution is -0.127. The minimum Gasteiger partial charge on any atom is -0.353 e. The molecule has 2 N–H and O–H groups in total. The highest BCUT2D eigenvalue weighted by Crippen LogP contribution is 2.22. The predicted octanol–water partition coefficient (Wildman–Crippen LogP) is 3.39. The zero-order chi connectivity index (χ0) is 22.5.